The van der Waals surface area contributed by atoms with Gasteiger partial charge in [-0.25, -0.2) is 4.79 Å². The Kier molecular flexibility index (Phi) is 3.64. The molecule has 1 atom stereocenters. The van der Waals surface area contributed by atoms with E-state index in [1.807, 2.05) is 31.2 Å². The van der Waals surface area contributed by atoms with Crippen molar-refractivity contribution < 1.29 is 9.53 Å². The van der Waals surface area contributed by atoms with E-state index in [1.165, 1.54) is 5.56 Å². The normalized spacial score (nSPS) is 20.2. The minimum absolute atomic E-state index is 0.0950. The maximum atomic E-state index is 11.7. The lowest BCUT2D eigenvalue weighted by atomic mass is 10.1. The van der Waals surface area contributed by atoms with Gasteiger partial charge in [0.15, 0.2) is 0 Å². The summed E-state index contributed by atoms with van der Waals surface area (Å²) in [6.07, 6.45) is 0.556. The number of benzene rings is 1. The van der Waals surface area contributed by atoms with Gasteiger partial charge in [0, 0.05) is 19.5 Å². The summed E-state index contributed by atoms with van der Waals surface area (Å²) in [6, 6.07) is 8.25. The maximum Gasteiger partial charge on any atom is 0.410 e. The van der Waals surface area contributed by atoms with Gasteiger partial charge >= 0.3 is 6.09 Å². The molecule has 1 fully saturated rings. The van der Waals surface area contributed by atoms with Crippen LogP contribution in [0.5, 0.6) is 0 Å². The van der Waals surface area contributed by atoms with Gasteiger partial charge in [0.25, 0.3) is 0 Å². The summed E-state index contributed by atoms with van der Waals surface area (Å²) in [5.74, 6) is 0. The average Bonchev–Trinajstić information content (AvgIpc) is 2.34. The highest BCUT2D eigenvalue weighted by Crippen LogP contribution is 2.16. The number of aryl methyl sites for hydroxylation is 1. The molecule has 4 nitrogen and oxygen atoms in total. The topological polar surface area (TPSA) is 55.6 Å². The Morgan fingerprint density at radius 2 is 2.12 bits per heavy atom. The highest BCUT2D eigenvalue weighted by molar-refractivity contribution is 5.68. The summed E-state index contributed by atoms with van der Waals surface area (Å²) in [5, 5.41) is 0. The van der Waals surface area contributed by atoms with Crippen molar-refractivity contribution in [3.63, 3.8) is 0 Å². The van der Waals surface area contributed by atoms with E-state index in [1.54, 1.807) is 4.90 Å². The van der Waals surface area contributed by atoms with Crippen LogP contribution in [-0.4, -0.2) is 30.2 Å². The molecule has 2 N–H and O–H groups in total. The molecule has 92 valence electrons. The van der Waals surface area contributed by atoms with Gasteiger partial charge < -0.3 is 10.5 Å². The zero-order chi connectivity index (χ0) is 12.3. The lowest BCUT2D eigenvalue weighted by Gasteiger charge is -2.34. The second kappa shape index (κ2) is 5.19. The van der Waals surface area contributed by atoms with Crippen molar-refractivity contribution in [2.75, 3.05) is 13.2 Å². The van der Waals surface area contributed by atoms with E-state index in [-0.39, 0.29) is 12.1 Å². The monoisotopic (exact) mass is 234 g/mol. The van der Waals surface area contributed by atoms with Gasteiger partial charge in [0.2, 0.25) is 0 Å². The lowest BCUT2D eigenvalue weighted by Crippen LogP contribution is -2.48. The van der Waals surface area contributed by atoms with E-state index in [0.29, 0.717) is 19.7 Å². The van der Waals surface area contributed by atoms with Crippen LogP contribution in [0.2, 0.25) is 0 Å². The Labute approximate surface area is 101 Å². The van der Waals surface area contributed by atoms with Crippen LogP contribution in [0.25, 0.3) is 0 Å². The number of carbonyl (C=O) groups excluding carboxylic acids is 1. The molecule has 1 aromatic carbocycles. The molecule has 1 saturated heterocycles. The van der Waals surface area contributed by atoms with Crippen molar-refractivity contribution in [1.29, 1.82) is 0 Å². The number of cyclic esters (lactones) is 1. The molecule has 0 radical (unpaired) electrons. The second-order valence-electron chi connectivity index (χ2n) is 4.41. The van der Waals surface area contributed by atoms with Crippen molar-refractivity contribution in [2.24, 2.45) is 5.73 Å². The minimum atomic E-state index is -0.257. The number of nitrogens with zero attached hydrogens (tertiary/aromatic N) is 1. The number of ether oxygens (including phenoxy) is 1. The first kappa shape index (κ1) is 11.9. The Morgan fingerprint density at radius 3 is 2.76 bits per heavy atom. The Hall–Kier alpha value is -1.55. The van der Waals surface area contributed by atoms with Gasteiger partial charge in [-0.2, -0.15) is 0 Å². The number of amides is 1. The number of nitrogens with two attached hydrogens (primary N) is 1. The van der Waals surface area contributed by atoms with E-state index < -0.39 is 0 Å². The van der Waals surface area contributed by atoms with Crippen molar-refractivity contribution in [3.8, 4) is 0 Å². The predicted octanol–water partition coefficient (Wildman–Crippen LogP) is 1.66. The van der Waals surface area contributed by atoms with Crippen molar-refractivity contribution in [1.82, 2.24) is 4.90 Å². The number of rotatable bonds is 3. The average molecular weight is 234 g/mol. The maximum absolute atomic E-state index is 11.7. The second-order valence-corrected chi connectivity index (χ2v) is 4.41. The molecule has 1 amide bonds. The zero-order valence-electron chi connectivity index (χ0n) is 10.1. The molecule has 0 bridgehead atoms. The van der Waals surface area contributed by atoms with Gasteiger partial charge in [-0.05, 0) is 12.5 Å². The summed E-state index contributed by atoms with van der Waals surface area (Å²) in [7, 11) is 0. The molecular weight excluding hydrogens is 216 g/mol. The van der Waals surface area contributed by atoms with Gasteiger partial charge in [0.05, 0.1) is 12.6 Å². The fraction of sp³-hybridized carbons (Fsp3) is 0.462. The van der Waals surface area contributed by atoms with Crippen molar-refractivity contribution >= 4 is 6.09 Å². The number of hydrogen-bond acceptors (Lipinski definition) is 3. The molecule has 2 rings (SSSR count). The summed E-state index contributed by atoms with van der Waals surface area (Å²) in [6.45, 7) is 3.58. The molecule has 0 spiro atoms. The third-order valence-electron chi connectivity index (χ3n) is 3.10. The third-order valence-corrected chi connectivity index (χ3v) is 3.10. The van der Waals surface area contributed by atoms with Gasteiger partial charge in [0.1, 0.15) is 0 Å². The first-order valence-electron chi connectivity index (χ1n) is 5.89. The van der Waals surface area contributed by atoms with Crippen LogP contribution in [0.4, 0.5) is 4.79 Å². The predicted molar refractivity (Wildman–Crippen MR) is 65.5 cm³/mol. The molecule has 0 saturated carbocycles. The standard InChI is InChI=1S/C13H18N2O2/c1-10-2-4-11(5-3-10)9-15-12(8-14)6-7-17-13(15)16/h2-5,12H,6-9,14H2,1H3. The fourth-order valence-corrected chi connectivity index (χ4v) is 2.00. The molecule has 1 aromatic rings. The molecule has 1 aliphatic rings. The summed E-state index contributed by atoms with van der Waals surface area (Å²) >= 11 is 0. The van der Waals surface area contributed by atoms with Crippen LogP contribution in [-0.2, 0) is 11.3 Å². The van der Waals surface area contributed by atoms with Gasteiger partial charge in [-0.3, -0.25) is 4.90 Å². The molecular formula is C13H18N2O2. The van der Waals surface area contributed by atoms with Crippen LogP contribution in [0.15, 0.2) is 24.3 Å². The van der Waals surface area contributed by atoms with Crippen LogP contribution < -0.4 is 5.73 Å². The quantitative estimate of drug-likeness (QED) is 0.865. The Morgan fingerprint density at radius 1 is 1.41 bits per heavy atom. The molecule has 17 heavy (non-hydrogen) atoms. The van der Waals surface area contributed by atoms with Crippen LogP contribution in [0.3, 0.4) is 0 Å². The van der Waals surface area contributed by atoms with E-state index in [2.05, 4.69) is 0 Å². The zero-order valence-corrected chi connectivity index (χ0v) is 10.1. The molecule has 1 aliphatic heterocycles. The highest BCUT2D eigenvalue weighted by atomic mass is 16.6. The van der Waals surface area contributed by atoms with Gasteiger partial charge in [-0.1, -0.05) is 29.8 Å². The SMILES string of the molecule is Cc1ccc(CN2C(=O)OCCC2CN)cc1. The van der Waals surface area contributed by atoms with E-state index in [4.69, 9.17) is 10.5 Å². The van der Waals surface area contributed by atoms with Crippen molar-refractivity contribution in [3.05, 3.63) is 35.4 Å². The Bertz CT molecular complexity index is 389. The first-order chi connectivity index (χ1) is 8.20. The van der Waals surface area contributed by atoms with E-state index in [0.717, 1.165) is 12.0 Å². The van der Waals surface area contributed by atoms with E-state index >= 15 is 0 Å². The van der Waals surface area contributed by atoms with Crippen LogP contribution in [0.1, 0.15) is 17.5 Å². The first-order valence-corrected chi connectivity index (χ1v) is 5.89. The summed E-state index contributed by atoms with van der Waals surface area (Å²) < 4.78 is 5.05. The molecule has 0 aromatic heterocycles. The largest absolute Gasteiger partial charge is 0.449 e. The minimum Gasteiger partial charge on any atom is -0.449 e. The number of hydrogen-bond donors (Lipinski definition) is 1. The summed E-state index contributed by atoms with van der Waals surface area (Å²) in [4.78, 5) is 13.4. The third kappa shape index (κ3) is 2.77. The van der Waals surface area contributed by atoms with Gasteiger partial charge in [-0.15, -0.1) is 0 Å². The molecule has 4 heteroatoms. The lowest BCUT2D eigenvalue weighted by molar-refractivity contribution is 0.0429. The molecule has 1 heterocycles. The highest BCUT2D eigenvalue weighted by Gasteiger charge is 2.28. The summed E-state index contributed by atoms with van der Waals surface area (Å²) in [5.41, 5.74) is 8.00. The number of carbonyl (C=O) groups is 1. The molecule has 1 unspecified atom stereocenters. The van der Waals surface area contributed by atoms with Crippen molar-refractivity contribution in [2.45, 2.75) is 25.9 Å². The van der Waals surface area contributed by atoms with Crippen LogP contribution in [0, 0.1) is 6.92 Å². The smallest absolute Gasteiger partial charge is 0.410 e. The van der Waals surface area contributed by atoms with Crippen LogP contribution >= 0.6 is 0 Å². The molecule has 0 aliphatic carbocycles. The fourth-order valence-electron chi connectivity index (χ4n) is 2.00. The Balaban J connectivity index is 2.09. The van der Waals surface area contributed by atoms with E-state index in [9.17, 15) is 4.79 Å².